The lowest BCUT2D eigenvalue weighted by Gasteiger charge is -2.03. The smallest absolute Gasteiger partial charge is 0.126 e. The van der Waals surface area contributed by atoms with Crippen LogP contribution in [-0.4, -0.2) is 11.5 Å². The molecule has 0 bridgehead atoms. The summed E-state index contributed by atoms with van der Waals surface area (Å²) in [6.45, 7) is 6.09. The molecular formula is C10H11N3. The summed E-state index contributed by atoms with van der Waals surface area (Å²) >= 11 is 0. The number of aromatic nitrogens is 1. The predicted molar refractivity (Wildman–Crippen MR) is 52.4 cm³/mol. The fraction of sp³-hybridized carbons (Fsp3) is 0.200. The summed E-state index contributed by atoms with van der Waals surface area (Å²) < 4.78 is 0. The fourth-order valence-corrected chi connectivity index (χ4v) is 0.954. The molecule has 66 valence electrons. The van der Waals surface area contributed by atoms with Gasteiger partial charge in [0.05, 0.1) is 11.3 Å². The first-order valence-corrected chi connectivity index (χ1v) is 4.00. The van der Waals surface area contributed by atoms with Crippen molar-refractivity contribution in [1.82, 2.24) is 4.98 Å². The fourth-order valence-electron chi connectivity index (χ4n) is 0.954. The Morgan fingerprint density at radius 1 is 1.69 bits per heavy atom. The molecular weight excluding hydrogens is 162 g/mol. The van der Waals surface area contributed by atoms with Gasteiger partial charge in [-0.2, -0.15) is 5.26 Å². The molecule has 1 heterocycles. The lowest BCUT2D eigenvalue weighted by Crippen LogP contribution is -2.01. The summed E-state index contributed by atoms with van der Waals surface area (Å²) in [6, 6.07) is 5.61. The number of hydrogen-bond donors (Lipinski definition) is 1. The van der Waals surface area contributed by atoms with Gasteiger partial charge >= 0.3 is 0 Å². The van der Waals surface area contributed by atoms with Gasteiger partial charge in [-0.25, -0.2) is 4.98 Å². The van der Waals surface area contributed by atoms with Gasteiger partial charge in [0.25, 0.3) is 0 Å². The lowest BCUT2D eigenvalue weighted by molar-refractivity contribution is 1.15. The van der Waals surface area contributed by atoms with Crippen molar-refractivity contribution >= 4 is 5.82 Å². The van der Waals surface area contributed by atoms with E-state index in [9.17, 15) is 0 Å². The van der Waals surface area contributed by atoms with Gasteiger partial charge in [0.2, 0.25) is 0 Å². The maximum Gasteiger partial charge on any atom is 0.126 e. The molecule has 0 aromatic carbocycles. The second-order valence-corrected chi connectivity index (χ2v) is 2.61. The van der Waals surface area contributed by atoms with E-state index in [4.69, 9.17) is 5.26 Å². The highest BCUT2D eigenvalue weighted by molar-refractivity contribution is 5.43. The molecule has 13 heavy (non-hydrogen) atoms. The first-order valence-electron chi connectivity index (χ1n) is 4.00. The summed E-state index contributed by atoms with van der Waals surface area (Å²) in [5, 5.41) is 11.7. The maximum absolute atomic E-state index is 8.66. The van der Waals surface area contributed by atoms with Crippen LogP contribution in [0.4, 0.5) is 5.82 Å². The predicted octanol–water partition coefficient (Wildman–Crippen LogP) is 1.86. The number of anilines is 1. The Labute approximate surface area is 77.7 Å². The van der Waals surface area contributed by atoms with Crippen molar-refractivity contribution in [3.05, 3.63) is 36.0 Å². The molecule has 0 aliphatic heterocycles. The maximum atomic E-state index is 8.66. The van der Waals surface area contributed by atoms with Gasteiger partial charge in [0.1, 0.15) is 11.9 Å². The summed E-state index contributed by atoms with van der Waals surface area (Å²) in [4.78, 5) is 4.20. The molecule has 0 radical (unpaired) electrons. The van der Waals surface area contributed by atoms with Crippen molar-refractivity contribution in [2.24, 2.45) is 0 Å². The zero-order chi connectivity index (χ0) is 9.68. The Hall–Kier alpha value is -1.82. The van der Waals surface area contributed by atoms with Gasteiger partial charge in [0.15, 0.2) is 0 Å². The van der Waals surface area contributed by atoms with Crippen molar-refractivity contribution in [2.45, 2.75) is 6.92 Å². The lowest BCUT2D eigenvalue weighted by atomic mass is 10.2. The van der Waals surface area contributed by atoms with Crippen LogP contribution in [0.2, 0.25) is 0 Å². The standard InChI is InChI=1S/C10H11N3/c1-3-6-12-10-5-4-9(7-11)8(2)13-10/h3-5H,1,6H2,2H3,(H,12,13). The van der Waals surface area contributed by atoms with E-state index in [1.165, 1.54) is 0 Å². The Balaban J connectivity index is 2.84. The minimum Gasteiger partial charge on any atom is -0.367 e. The van der Waals surface area contributed by atoms with Crippen LogP contribution in [0.1, 0.15) is 11.3 Å². The van der Waals surface area contributed by atoms with E-state index in [1.807, 2.05) is 6.92 Å². The Morgan fingerprint density at radius 2 is 2.46 bits per heavy atom. The molecule has 0 fully saturated rings. The number of aryl methyl sites for hydroxylation is 1. The Kier molecular flexibility index (Phi) is 3.04. The Morgan fingerprint density at radius 3 is 3.00 bits per heavy atom. The van der Waals surface area contributed by atoms with E-state index in [0.29, 0.717) is 12.1 Å². The third-order valence-electron chi connectivity index (χ3n) is 1.63. The van der Waals surface area contributed by atoms with E-state index in [0.717, 1.165) is 11.5 Å². The molecule has 0 spiro atoms. The molecule has 0 unspecified atom stereocenters. The van der Waals surface area contributed by atoms with Crippen LogP contribution in [-0.2, 0) is 0 Å². The molecule has 0 aliphatic rings. The van der Waals surface area contributed by atoms with Gasteiger partial charge < -0.3 is 5.32 Å². The summed E-state index contributed by atoms with van der Waals surface area (Å²) in [6.07, 6.45) is 1.76. The van der Waals surface area contributed by atoms with E-state index < -0.39 is 0 Å². The van der Waals surface area contributed by atoms with E-state index in [2.05, 4.69) is 22.9 Å². The van der Waals surface area contributed by atoms with Crippen LogP contribution in [0.25, 0.3) is 0 Å². The average Bonchev–Trinajstić information content (AvgIpc) is 2.15. The highest BCUT2D eigenvalue weighted by atomic mass is 15.0. The van der Waals surface area contributed by atoms with E-state index in [-0.39, 0.29) is 0 Å². The number of pyridine rings is 1. The van der Waals surface area contributed by atoms with Crippen molar-refractivity contribution < 1.29 is 0 Å². The van der Waals surface area contributed by atoms with Crippen LogP contribution < -0.4 is 5.32 Å². The van der Waals surface area contributed by atoms with E-state index in [1.54, 1.807) is 18.2 Å². The molecule has 0 amide bonds. The van der Waals surface area contributed by atoms with Crippen molar-refractivity contribution in [3.63, 3.8) is 0 Å². The quantitative estimate of drug-likeness (QED) is 0.710. The minimum absolute atomic E-state index is 0.615. The molecule has 0 atom stereocenters. The van der Waals surface area contributed by atoms with Crippen molar-refractivity contribution in [2.75, 3.05) is 11.9 Å². The number of hydrogen-bond acceptors (Lipinski definition) is 3. The van der Waals surface area contributed by atoms with Gasteiger partial charge in [0, 0.05) is 6.54 Å². The van der Waals surface area contributed by atoms with Gasteiger partial charge in [-0.05, 0) is 19.1 Å². The molecule has 3 heteroatoms. The summed E-state index contributed by atoms with van der Waals surface area (Å²) in [7, 11) is 0. The van der Waals surface area contributed by atoms with Crippen LogP contribution in [0.5, 0.6) is 0 Å². The molecule has 0 saturated carbocycles. The molecule has 0 saturated heterocycles. The molecule has 1 rings (SSSR count). The first kappa shape index (κ1) is 9.27. The second kappa shape index (κ2) is 4.27. The molecule has 0 aliphatic carbocycles. The van der Waals surface area contributed by atoms with Crippen LogP contribution in [0.3, 0.4) is 0 Å². The second-order valence-electron chi connectivity index (χ2n) is 2.61. The van der Waals surface area contributed by atoms with Gasteiger partial charge in [-0.15, -0.1) is 6.58 Å². The van der Waals surface area contributed by atoms with Gasteiger partial charge in [-0.3, -0.25) is 0 Å². The third kappa shape index (κ3) is 2.31. The molecule has 1 aromatic heterocycles. The molecule has 1 N–H and O–H groups in total. The van der Waals surface area contributed by atoms with Crippen molar-refractivity contribution in [3.8, 4) is 6.07 Å². The largest absolute Gasteiger partial charge is 0.367 e. The molecule has 3 nitrogen and oxygen atoms in total. The third-order valence-corrected chi connectivity index (χ3v) is 1.63. The summed E-state index contributed by atoms with van der Waals surface area (Å²) in [5.41, 5.74) is 1.36. The van der Waals surface area contributed by atoms with Crippen LogP contribution in [0.15, 0.2) is 24.8 Å². The zero-order valence-electron chi connectivity index (χ0n) is 7.54. The highest BCUT2D eigenvalue weighted by Gasteiger charge is 1.98. The first-order chi connectivity index (χ1) is 6.27. The van der Waals surface area contributed by atoms with E-state index >= 15 is 0 Å². The highest BCUT2D eigenvalue weighted by Crippen LogP contribution is 2.08. The number of nitrogens with zero attached hydrogens (tertiary/aromatic N) is 2. The molecule has 1 aromatic rings. The average molecular weight is 173 g/mol. The minimum atomic E-state index is 0.615. The topological polar surface area (TPSA) is 48.7 Å². The number of nitrogens with one attached hydrogen (secondary N) is 1. The normalized spacial score (nSPS) is 8.92. The SMILES string of the molecule is C=CCNc1ccc(C#N)c(C)n1. The Bertz CT molecular complexity index is 350. The van der Waals surface area contributed by atoms with Gasteiger partial charge in [-0.1, -0.05) is 6.08 Å². The van der Waals surface area contributed by atoms with Crippen LogP contribution in [0, 0.1) is 18.3 Å². The monoisotopic (exact) mass is 173 g/mol. The summed E-state index contributed by atoms with van der Waals surface area (Å²) in [5.74, 6) is 0.774. The number of nitriles is 1. The van der Waals surface area contributed by atoms with Crippen LogP contribution >= 0.6 is 0 Å². The van der Waals surface area contributed by atoms with Crippen molar-refractivity contribution in [1.29, 1.82) is 5.26 Å². The number of rotatable bonds is 3. The zero-order valence-corrected chi connectivity index (χ0v) is 7.54.